The van der Waals surface area contributed by atoms with Crippen LogP contribution in [0.15, 0.2) is 91.5 Å². The van der Waals surface area contributed by atoms with E-state index in [-0.39, 0.29) is 17.2 Å². The third-order valence-electron chi connectivity index (χ3n) is 5.08. The molecule has 4 rings (SSSR count). The van der Waals surface area contributed by atoms with Gasteiger partial charge in [-0.15, -0.1) is 11.8 Å². The Morgan fingerprint density at radius 3 is 2.62 bits per heavy atom. The zero-order valence-electron chi connectivity index (χ0n) is 17.6. The summed E-state index contributed by atoms with van der Waals surface area (Å²) in [7, 11) is 0. The Labute approximate surface area is 192 Å². The Hall–Kier alpha value is -3.51. The Bertz CT molecular complexity index is 1100. The van der Waals surface area contributed by atoms with Crippen LogP contribution >= 0.6 is 11.8 Å². The van der Waals surface area contributed by atoms with Gasteiger partial charge in [-0.2, -0.15) is 0 Å². The fourth-order valence-corrected chi connectivity index (χ4v) is 4.69. The maximum absolute atomic E-state index is 12.7. The minimum absolute atomic E-state index is 0.0569. The number of nitrogens with one attached hydrogen (secondary N) is 1. The van der Waals surface area contributed by atoms with Gasteiger partial charge in [0.2, 0.25) is 5.91 Å². The second kappa shape index (κ2) is 10.2. The lowest BCUT2D eigenvalue weighted by molar-refractivity contribution is -0.128. The molecule has 6 heteroatoms. The molecule has 1 atom stereocenters. The summed E-state index contributed by atoms with van der Waals surface area (Å²) in [5.41, 5.74) is 3.32. The first-order valence-corrected chi connectivity index (χ1v) is 11.4. The van der Waals surface area contributed by atoms with Crippen molar-refractivity contribution in [2.75, 3.05) is 17.7 Å². The second-order valence-electron chi connectivity index (χ2n) is 7.37. The molecule has 1 aliphatic rings. The summed E-state index contributed by atoms with van der Waals surface area (Å²) in [4.78, 5) is 27.0. The molecular weight excluding hydrogens is 420 g/mol. The van der Waals surface area contributed by atoms with Crippen LogP contribution in [-0.2, 0) is 11.3 Å². The molecule has 162 valence electrons. The van der Waals surface area contributed by atoms with Gasteiger partial charge in [-0.25, -0.2) is 0 Å². The zero-order chi connectivity index (χ0) is 22.3. The van der Waals surface area contributed by atoms with E-state index >= 15 is 0 Å². The number of carbonyl (C=O) groups excluding carboxylic acids is 2. The molecular formula is C26H24N2O3S. The van der Waals surface area contributed by atoms with E-state index in [1.807, 2.05) is 65.6 Å². The number of benzene rings is 3. The molecule has 0 aromatic heterocycles. The number of thioether (sulfide) groups is 1. The highest BCUT2D eigenvalue weighted by Crippen LogP contribution is 2.39. The predicted octanol–water partition coefficient (Wildman–Crippen LogP) is 5.28. The van der Waals surface area contributed by atoms with Crippen LogP contribution < -0.4 is 10.1 Å². The third kappa shape index (κ3) is 5.21. The molecule has 0 saturated carbocycles. The monoisotopic (exact) mass is 444 g/mol. The molecule has 2 amide bonds. The van der Waals surface area contributed by atoms with Crippen molar-refractivity contribution in [2.24, 2.45) is 0 Å². The molecule has 3 aromatic rings. The Kier molecular flexibility index (Phi) is 6.92. The molecule has 0 spiro atoms. The minimum atomic E-state index is -0.200. The topological polar surface area (TPSA) is 58.6 Å². The number of hydrogen-bond donors (Lipinski definition) is 1. The van der Waals surface area contributed by atoms with E-state index in [1.54, 1.807) is 36.0 Å². The number of rotatable bonds is 8. The lowest BCUT2D eigenvalue weighted by Gasteiger charge is -2.24. The third-order valence-corrected chi connectivity index (χ3v) is 6.34. The molecule has 1 fully saturated rings. The number of hydrogen-bond acceptors (Lipinski definition) is 4. The summed E-state index contributed by atoms with van der Waals surface area (Å²) < 4.78 is 5.51. The SMILES string of the molecule is C=CCOc1cccc(NC(=O)c2ccc([C@@H]3SCC(=O)N3Cc3ccccc3)cc2)c1. The Balaban J connectivity index is 1.43. The quantitative estimate of drug-likeness (QED) is 0.481. The van der Waals surface area contributed by atoms with Crippen molar-refractivity contribution in [1.82, 2.24) is 4.90 Å². The smallest absolute Gasteiger partial charge is 0.255 e. The molecule has 3 aromatic carbocycles. The van der Waals surface area contributed by atoms with Crippen molar-refractivity contribution in [2.45, 2.75) is 11.9 Å². The standard InChI is InChI=1S/C26H24N2O3S/c1-2-15-31-23-10-6-9-22(16-23)27-25(30)20-11-13-21(14-12-20)26-28(24(29)18-32-26)17-19-7-4-3-5-8-19/h2-14,16,26H,1,15,17-18H2,(H,27,30)/t26-/m0/s1. The summed E-state index contributed by atoms with van der Waals surface area (Å²) >= 11 is 1.61. The lowest BCUT2D eigenvalue weighted by Crippen LogP contribution is -2.27. The van der Waals surface area contributed by atoms with Gasteiger partial charge in [0.15, 0.2) is 0 Å². The van der Waals surface area contributed by atoms with Gasteiger partial charge in [0.1, 0.15) is 17.7 Å². The fourth-order valence-electron chi connectivity index (χ4n) is 3.50. The van der Waals surface area contributed by atoms with Crippen LogP contribution in [0, 0.1) is 0 Å². The zero-order valence-corrected chi connectivity index (χ0v) is 18.4. The van der Waals surface area contributed by atoms with Crippen LogP contribution in [0.1, 0.15) is 26.9 Å². The van der Waals surface area contributed by atoms with E-state index in [1.165, 1.54) is 0 Å². The van der Waals surface area contributed by atoms with Crippen molar-refractivity contribution >= 4 is 29.3 Å². The van der Waals surface area contributed by atoms with Gasteiger partial charge in [0.25, 0.3) is 5.91 Å². The van der Waals surface area contributed by atoms with Crippen molar-refractivity contribution in [1.29, 1.82) is 0 Å². The molecule has 5 nitrogen and oxygen atoms in total. The maximum Gasteiger partial charge on any atom is 0.255 e. The number of anilines is 1. The van der Waals surface area contributed by atoms with Gasteiger partial charge < -0.3 is 15.0 Å². The first-order chi connectivity index (χ1) is 15.6. The Morgan fingerprint density at radius 1 is 1.09 bits per heavy atom. The lowest BCUT2D eigenvalue weighted by atomic mass is 10.1. The van der Waals surface area contributed by atoms with E-state index in [0.29, 0.717) is 35.9 Å². The summed E-state index contributed by atoms with van der Waals surface area (Å²) in [6.45, 7) is 4.61. The molecule has 0 unspecified atom stereocenters. The summed E-state index contributed by atoms with van der Waals surface area (Å²) in [6.07, 6.45) is 1.67. The largest absolute Gasteiger partial charge is 0.489 e. The second-order valence-corrected chi connectivity index (χ2v) is 8.44. The van der Waals surface area contributed by atoms with Gasteiger partial charge in [-0.3, -0.25) is 9.59 Å². The van der Waals surface area contributed by atoms with E-state index in [9.17, 15) is 9.59 Å². The average Bonchev–Trinajstić information content (AvgIpc) is 3.18. The van der Waals surface area contributed by atoms with Crippen LogP contribution in [0.2, 0.25) is 0 Å². The van der Waals surface area contributed by atoms with Gasteiger partial charge in [0.05, 0.1) is 5.75 Å². The van der Waals surface area contributed by atoms with Crippen LogP contribution in [-0.4, -0.2) is 29.1 Å². The van der Waals surface area contributed by atoms with Crippen LogP contribution in [0.3, 0.4) is 0 Å². The first-order valence-electron chi connectivity index (χ1n) is 10.3. The van der Waals surface area contributed by atoms with E-state index in [4.69, 9.17) is 4.74 Å². The van der Waals surface area contributed by atoms with Crippen LogP contribution in [0.5, 0.6) is 5.75 Å². The van der Waals surface area contributed by atoms with E-state index in [2.05, 4.69) is 11.9 Å². The predicted molar refractivity (Wildman–Crippen MR) is 129 cm³/mol. The molecule has 1 N–H and O–H groups in total. The van der Waals surface area contributed by atoms with Gasteiger partial charge in [-0.05, 0) is 35.4 Å². The number of amides is 2. The maximum atomic E-state index is 12.7. The highest BCUT2D eigenvalue weighted by molar-refractivity contribution is 8.00. The van der Waals surface area contributed by atoms with Crippen molar-refractivity contribution in [3.05, 3.63) is 108 Å². The average molecular weight is 445 g/mol. The Morgan fingerprint density at radius 2 is 1.88 bits per heavy atom. The van der Waals surface area contributed by atoms with Gasteiger partial charge in [-0.1, -0.05) is 61.2 Å². The highest BCUT2D eigenvalue weighted by atomic mass is 32.2. The first kappa shape index (κ1) is 21.7. The van der Waals surface area contributed by atoms with Gasteiger partial charge >= 0.3 is 0 Å². The van der Waals surface area contributed by atoms with Crippen molar-refractivity contribution < 1.29 is 14.3 Å². The molecule has 0 aliphatic carbocycles. The molecule has 0 radical (unpaired) electrons. The van der Waals surface area contributed by atoms with E-state index < -0.39 is 0 Å². The number of carbonyl (C=O) groups is 2. The van der Waals surface area contributed by atoms with Crippen molar-refractivity contribution in [3.8, 4) is 5.75 Å². The molecule has 1 heterocycles. The molecule has 1 aliphatic heterocycles. The molecule has 32 heavy (non-hydrogen) atoms. The van der Waals surface area contributed by atoms with E-state index in [0.717, 1.165) is 11.1 Å². The summed E-state index contributed by atoms with van der Waals surface area (Å²) in [5, 5.41) is 2.84. The highest BCUT2D eigenvalue weighted by Gasteiger charge is 2.32. The van der Waals surface area contributed by atoms with Crippen LogP contribution in [0.25, 0.3) is 0 Å². The van der Waals surface area contributed by atoms with Crippen LogP contribution in [0.4, 0.5) is 5.69 Å². The molecule has 0 bridgehead atoms. The minimum Gasteiger partial charge on any atom is -0.489 e. The normalized spacial score (nSPS) is 15.4. The summed E-state index contributed by atoms with van der Waals surface area (Å²) in [5.74, 6) is 1.06. The van der Waals surface area contributed by atoms with Gasteiger partial charge in [0, 0.05) is 23.9 Å². The summed E-state index contributed by atoms with van der Waals surface area (Å²) in [6, 6.07) is 24.7. The number of ether oxygens (including phenoxy) is 1. The van der Waals surface area contributed by atoms with Crippen molar-refractivity contribution in [3.63, 3.8) is 0 Å². The fraction of sp³-hybridized carbons (Fsp3) is 0.154. The molecule has 1 saturated heterocycles. The number of nitrogens with zero attached hydrogens (tertiary/aromatic N) is 1.